The maximum atomic E-state index is 13.5. The molecule has 0 aliphatic heterocycles. The summed E-state index contributed by atoms with van der Waals surface area (Å²) in [6.45, 7) is 1.61. The predicted octanol–water partition coefficient (Wildman–Crippen LogP) is 6.20. The van der Waals surface area contributed by atoms with E-state index in [-0.39, 0.29) is 5.91 Å². The molecule has 0 aliphatic carbocycles. The van der Waals surface area contributed by atoms with Crippen molar-refractivity contribution in [3.63, 3.8) is 0 Å². The molecule has 0 bridgehead atoms. The standard InChI is InChI=1S/C27H24ClN3O2S/c1-33-16-15-30(26(32)24-8-4-6-19-5-2-3-7-23(19)24)14-13-22-18-34-27-29-25(17-31(22)27)20-9-11-21(28)12-10-20/h2-12,17-18H,13-16H2,1H3. The number of hydrogen-bond acceptors (Lipinski definition) is 4. The summed E-state index contributed by atoms with van der Waals surface area (Å²) in [5.41, 5.74) is 3.78. The SMILES string of the molecule is COCCN(CCc1csc2nc(-c3ccc(Cl)cc3)cn12)C(=O)c1cccc2ccccc12. The Morgan fingerprint density at radius 1 is 1.06 bits per heavy atom. The number of rotatable bonds is 8. The van der Waals surface area contributed by atoms with E-state index in [1.165, 1.54) is 0 Å². The molecule has 5 nitrogen and oxygen atoms in total. The molecule has 0 fully saturated rings. The lowest BCUT2D eigenvalue weighted by atomic mass is 10.0. The Bertz CT molecular complexity index is 1440. The molecule has 2 aromatic heterocycles. The summed E-state index contributed by atoms with van der Waals surface area (Å²) in [5.74, 6) is 0.0211. The van der Waals surface area contributed by atoms with Crippen molar-refractivity contribution in [2.75, 3.05) is 26.8 Å². The third-order valence-electron chi connectivity index (χ3n) is 5.93. The molecule has 3 aromatic carbocycles. The normalized spacial score (nSPS) is 11.4. The van der Waals surface area contributed by atoms with Crippen molar-refractivity contribution in [1.29, 1.82) is 0 Å². The van der Waals surface area contributed by atoms with Crippen LogP contribution in [0.2, 0.25) is 5.02 Å². The molecular formula is C27H24ClN3O2S. The Labute approximate surface area is 207 Å². The molecule has 5 rings (SSSR count). The number of methoxy groups -OCH3 is 1. The quantitative estimate of drug-likeness (QED) is 0.260. The largest absolute Gasteiger partial charge is 0.383 e. The number of amides is 1. The van der Waals surface area contributed by atoms with Crippen molar-refractivity contribution < 1.29 is 9.53 Å². The number of carbonyl (C=O) groups excluding carboxylic acids is 1. The van der Waals surface area contributed by atoms with Crippen LogP contribution in [0.25, 0.3) is 27.0 Å². The van der Waals surface area contributed by atoms with Gasteiger partial charge in [-0.25, -0.2) is 4.98 Å². The fourth-order valence-corrected chi connectivity index (χ4v) is 5.15. The van der Waals surface area contributed by atoms with Gasteiger partial charge in [0.25, 0.3) is 5.91 Å². The number of benzene rings is 3. The van der Waals surface area contributed by atoms with E-state index >= 15 is 0 Å². The van der Waals surface area contributed by atoms with E-state index in [0.717, 1.165) is 44.7 Å². The lowest BCUT2D eigenvalue weighted by Crippen LogP contribution is -2.35. The first-order valence-corrected chi connectivity index (χ1v) is 12.4. The number of hydrogen-bond donors (Lipinski definition) is 0. The van der Waals surface area contributed by atoms with Crippen LogP contribution in [-0.4, -0.2) is 47.0 Å². The molecule has 0 spiro atoms. The lowest BCUT2D eigenvalue weighted by molar-refractivity contribution is 0.0699. The third-order valence-corrected chi connectivity index (χ3v) is 7.07. The summed E-state index contributed by atoms with van der Waals surface area (Å²) in [7, 11) is 1.66. The van der Waals surface area contributed by atoms with E-state index in [1.807, 2.05) is 71.6 Å². The smallest absolute Gasteiger partial charge is 0.254 e. The Morgan fingerprint density at radius 2 is 1.85 bits per heavy atom. The molecule has 0 radical (unpaired) electrons. The minimum Gasteiger partial charge on any atom is -0.383 e. The number of aromatic nitrogens is 2. The van der Waals surface area contributed by atoms with Crippen molar-refractivity contribution >= 4 is 44.6 Å². The zero-order valence-electron chi connectivity index (χ0n) is 18.8. The number of imidazole rings is 1. The van der Waals surface area contributed by atoms with Gasteiger partial charge in [-0.3, -0.25) is 9.20 Å². The summed E-state index contributed by atoms with van der Waals surface area (Å²) in [6, 6.07) is 21.6. The van der Waals surface area contributed by atoms with Gasteiger partial charge in [-0.15, -0.1) is 11.3 Å². The first kappa shape index (κ1) is 22.6. The summed E-state index contributed by atoms with van der Waals surface area (Å²) >= 11 is 7.63. The van der Waals surface area contributed by atoms with Crippen molar-refractivity contribution in [2.45, 2.75) is 6.42 Å². The highest BCUT2D eigenvalue weighted by molar-refractivity contribution is 7.15. The Morgan fingerprint density at radius 3 is 2.68 bits per heavy atom. The summed E-state index contributed by atoms with van der Waals surface area (Å²) in [5, 5.41) is 4.85. The van der Waals surface area contributed by atoms with Crippen LogP contribution in [0.1, 0.15) is 16.1 Å². The van der Waals surface area contributed by atoms with Gasteiger partial charge < -0.3 is 9.64 Å². The van der Waals surface area contributed by atoms with Crippen molar-refractivity contribution in [3.8, 4) is 11.3 Å². The van der Waals surface area contributed by atoms with Gasteiger partial charge in [-0.1, -0.05) is 60.1 Å². The second-order valence-electron chi connectivity index (χ2n) is 8.07. The summed E-state index contributed by atoms with van der Waals surface area (Å²) in [6.07, 6.45) is 2.77. The molecule has 172 valence electrons. The monoisotopic (exact) mass is 489 g/mol. The second kappa shape index (κ2) is 9.97. The van der Waals surface area contributed by atoms with E-state index in [2.05, 4.69) is 16.0 Å². The van der Waals surface area contributed by atoms with Crippen LogP contribution in [0.4, 0.5) is 0 Å². The Balaban J connectivity index is 1.38. The van der Waals surface area contributed by atoms with Gasteiger partial charge in [0, 0.05) is 60.0 Å². The molecule has 1 amide bonds. The zero-order valence-corrected chi connectivity index (χ0v) is 20.4. The van der Waals surface area contributed by atoms with Crippen LogP contribution in [0, 0.1) is 0 Å². The van der Waals surface area contributed by atoms with Crippen LogP contribution in [-0.2, 0) is 11.2 Å². The average molecular weight is 490 g/mol. The molecule has 0 atom stereocenters. The van der Waals surface area contributed by atoms with Gasteiger partial charge in [-0.05, 0) is 29.0 Å². The highest BCUT2D eigenvalue weighted by Gasteiger charge is 2.19. The van der Waals surface area contributed by atoms with Crippen LogP contribution in [0.3, 0.4) is 0 Å². The molecule has 0 saturated carbocycles. The second-order valence-corrected chi connectivity index (χ2v) is 9.35. The van der Waals surface area contributed by atoms with Crippen molar-refractivity contribution in [2.24, 2.45) is 0 Å². The lowest BCUT2D eigenvalue weighted by Gasteiger charge is -2.23. The molecule has 0 saturated heterocycles. The van der Waals surface area contributed by atoms with E-state index in [0.29, 0.717) is 24.7 Å². The number of fused-ring (bicyclic) bond motifs is 2. The van der Waals surface area contributed by atoms with Crippen LogP contribution in [0.5, 0.6) is 0 Å². The van der Waals surface area contributed by atoms with Crippen LogP contribution in [0.15, 0.2) is 78.3 Å². The zero-order chi connectivity index (χ0) is 23.5. The summed E-state index contributed by atoms with van der Waals surface area (Å²) in [4.78, 5) is 21.1. The van der Waals surface area contributed by atoms with Gasteiger partial charge >= 0.3 is 0 Å². The van der Waals surface area contributed by atoms with Gasteiger partial charge in [0.2, 0.25) is 0 Å². The van der Waals surface area contributed by atoms with E-state index in [4.69, 9.17) is 21.3 Å². The van der Waals surface area contributed by atoms with Gasteiger partial charge in [0.05, 0.1) is 12.3 Å². The topological polar surface area (TPSA) is 46.8 Å². The highest BCUT2D eigenvalue weighted by atomic mass is 35.5. The fourth-order valence-electron chi connectivity index (χ4n) is 4.12. The average Bonchev–Trinajstić information content (AvgIpc) is 3.45. The van der Waals surface area contributed by atoms with Gasteiger partial charge in [0.1, 0.15) is 0 Å². The number of carbonyl (C=O) groups is 1. The molecule has 7 heteroatoms. The molecule has 34 heavy (non-hydrogen) atoms. The van der Waals surface area contributed by atoms with Crippen molar-refractivity contribution in [3.05, 3.63) is 94.6 Å². The third kappa shape index (κ3) is 4.57. The van der Waals surface area contributed by atoms with Crippen molar-refractivity contribution in [1.82, 2.24) is 14.3 Å². The van der Waals surface area contributed by atoms with Crippen LogP contribution < -0.4 is 0 Å². The minimum atomic E-state index is 0.0211. The van der Waals surface area contributed by atoms with Gasteiger partial charge in [0.15, 0.2) is 4.96 Å². The first-order chi connectivity index (χ1) is 16.6. The highest BCUT2D eigenvalue weighted by Crippen LogP contribution is 2.26. The number of halogens is 1. The van der Waals surface area contributed by atoms with Gasteiger partial charge in [-0.2, -0.15) is 0 Å². The van der Waals surface area contributed by atoms with E-state index in [9.17, 15) is 4.79 Å². The number of nitrogens with zero attached hydrogens (tertiary/aromatic N) is 3. The minimum absolute atomic E-state index is 0.0211. The first-order valence-electron chi connectivity index (χ1n) is 11.1. The fraction of sp³-hybridized carbons (Fsp3) is 0.185. The molecular weight excluding hydrogens is 466 g/mol. The van der Waals surface area contributed by atoms with E-state index in [1.54, 1.807) is 18.4 Å². The Kier molecular flexibility index (Phi) is 6.63. The van der Waals surface area contributed by atoms with Crippen LogP contribution >= 0.6 is 22.9 Å². The summed E-state index contributed by atoms with van der Waals surface area (Å²) < 4.78 is 7.41. The maximum absolute atomic E-state index is 13.5. The molecule has 2 heterocycles. The number of ether oxygens (including phenoxy) is 1. The molecule has 0 N–H and O–H groups in total. The molecule has 5 aromatic rings. The predicted molar refractivity (Wildman–Crippen MR) is 139 cm³/mol. The number of thiazole rings is 1. The molecule has 0 aliphatic rings. The maximum Gasteiger partial charge on any atom is 0.254 e. The van der Waals surface area contributed by atoms with E-state index < -0.39 is 0 Å². The molecule has 0 unspecified atom stereocenters. The Hall–Kier alpha value is -3.19.